The van der Waals surface area contributed by atoms with Crippen LogP contribution in [0, 0.1) is 17.2 Å². The van der Waals surface area contributed by atoms with Gasteiger partial charge in [-0.2, -0.15) is 10.4 Å². The van der Waals surface area contributed by atoms with Gasteiger partial charge in [0.05, 0.1) is 24.2 Å². The molecular formula is C15H14N4O2. The quantitative estimate of drug-likeness (QED) is 0.866. The number of nitriles is 1. The Morgan fingerprint density at radius 2 is 2.43 bits per heavy atom. The van der Waals surface area contributed by atoms with Crippen LogP contribution in [0.3, 0.4) is 0 Å². The Balaban J connectivity index is 1.76. The summed E-state index contributed by atoms with van der Waals surface area (Å²) in [7, 11) is 0. The molecule has 3 rings (SSSR count). The van der Waals surface area contributed by atoms with Crippen LogP contribution in [-0.2, 0) is 9.53 Å². The average molecular weight is 282 g/mol. The van der Waals surface area contributed by atoms with Crippen LogP contribution in [-0.4, -0.2) is 27.8 Å². The second kappa shape index (κ2) is 5.37. The van der Waals surface area contributed by atoms with Crippen molar-refractivity contribution in [1.82, 2.24) is 15.2 Å². The summed E-state index contributed by atoms with van der Waals surface area (Å²) in [6.45, 7) is 2.19. The molecule has 1 saturated carbocycles. The first kappa shape index (κ1) is 13.3. The van der Waals surface area contributed by atoms with E-state index in [0.29, 0.717) is 23.8 Å². The zero-order valence-corrected chi connectivity index (χ0v) is 11.5. The van der Waals surface area contributed by atoms with Gasteiger partial charge in [-0.25, -0.2) is 4.98 Å². The molecule has 1 aliphatic rings. The standard InChI is InChI=1S/C15H14N4O2/c1-2-21-15(20)12-7-11(12)14-17-13(18-19-14)10-5-3-4-9(6-10)8-16/h3-6,11-12H,2,7H2,1H3,(H,17,18,19)/t11-,12+/m0/s1. The highest BCUT2D eigenvalue weighted by atomic mass is 16.5. The summed E-state index contributed by atoms with van der Waals surface area (Å²) < 4.78 is 5.00. The molecule has 106 valence electrons. The first-order valence-corrected chi connectivity index (χ1v) is 6.82. The highest BCUT2D eigenvalue weighted by Crippen LogP contribution is 2.46. The monoisotopic (exact) mass is 282 g/mol. The van der Waals surface area contributed by atoms with Gasteiger partial charge in [0.1, 0.15) is 5.82 Å². The molecular weight excluding hydrogens is 268 g/mol. The molecule has 21 heavy (non-hydrogen) atoms. The average Bonchev–Trinajstić information content (AvgIpc) is 3.17. The maximum atomic E-state index is 11.6. The number of H-pyrrole nitrogens is 1. The molecule has 6 nitrogen and oxygen atoms in total. The number of esters is 1. The van der Waals surface area contributed by atoms with Gasteiger partial charge >= 0.3 is 5.97 Å². The summed E-state index contributed by atoms with van der Waals surface area (Å²) in [6, 6.07) is 9.20. The van der Waals surface area contributed by atoms with E-state index in [1.807, 2.05) is 6.07 Å². The van der Waals surface area contributed by atoms with Crippen LogP contribution >= 0.6 is 0 Å². The zero-order chi connectivity index (χ0) is 14.8. The van der Waals surface area contributed by atoms with Gasteiger partial charge in [-0.3, -0.25) is 9.89 Å². The Kier molecular flexibility index (Phi) is 3.40. The lowest BCUT2D eigenvalue weighted by Crippen LogP contribution is -2.07. The number of hydrogen-bond acceptors (Lipinski definition) is 5. The molecule has 2 atom stereocenters. The van der Waals surface area contributed by atoms with Gasteiger partial charge in [0, 0.05) is 11.5 Å². The number of aromatic nitrogens is 3. The smallest absolute Gasteiger partial charge is 0.309 e. The Morgan fingerprint density at radius 3 is 3.19 bits per heavy atom. The maximum absolute atomic E-state index is 11.6. The molecule has 1 heterocycles. The second-order valence-corrected chi connectivity index (χ2v) is 4.94. The van der Waals surface area contributed by atoms with Crippen LogP contribution in [0.2, 0.25) is 0 Å². The molecule has 6 heteroatoms. The molecule has 1 fully saturated rings. The van der Waals surface area contributed by atoms with E-state index >= 15 is 0 Å². The van der Waals surface area contributed by atoms with Crippen molar-refractivity contribution in [1.29, 1.82) is 5.26 Å². The topological polar surface area (TPSA) is 91.7 Å². The summed E-state index contributed by atoms with van der Waals surface area (Å²) in [5.41, 5.74) is 1.35. The molecule has 1 aromatic carbocycles. The number of nitrogens with one attached hydrogen (secondary N) is 1. The molecule has 0 saturated heterocycles. The normalized spacial score (nSPS) is 19.8. The van der Waals surface area contributed by atoms with Crippen molar-refractivity contribution in [3.63, 3.8) is 0 Å². The first-order valence-electron chi connectivity index (χ1n) is 6.82. The minimum absolute atomic E-state index is 0.0597. The van der Waals surface area contributed by atoms with Crippen LogP contribution in [0.1, 0.15) is 30.7 Å². The Morgan fingerprint density at radius 1 is 1.57 bits per heavy atom. The third-order valence-corrected chi connectivity index (χ3v) is 3.48. The summed E-state index contributed by atoms with van der Waals surface area (Å²) in [4.78, 5) is 16.1. The number of ether oxygens (including phenoxy) is 1. The molecule has 0 aliphatic heterocycles. The summed E-state index contributed by atoms with van der Waals surface area (Å²) in [5.74, 6) is 1.01. The molecule has 0 bridgehead atoms. The SMILES string of the molecule is CCOC(=O)[C@@H]1C[C@@H]1c1nc(-c2cccc(C#N)c2)n[nH]1. The van der Waals surface area contributed by atoms with E-state index in [9.17, 15) is 4.79 Å². The molecule has 0 unspecified atom stereocenters. The highest BCUT2D eigenvalue weighted by Gasteiger charge is 2.47. The van der Waals surface area contributed by atoms with Gasteiger partial charge in [0.15, 0.2) is 5.82 Å². The second-order valence-electron chi connectivity index (χ2n) is 4.94. The lowest BCUT2D eigenvalue weighted by atomic mass is 10.1. The molecule has 0 radical (unpaired) electrons. The van der Waals surface area contributed by atoms with Crippen molar-refractivity contribution < 1.29 is 9.53 Å². The molecule has 1 aromatic heterocycles. The van der Waals surface area contributed by atoms with Crippen molar-refractivity contribution in [2.24, 2.45) is 5.92 Å². The fourth-order valence-corrected chi connectivity index (χ4v) is 2.30. The van der Waals surface area contributed by atoms with Crippen molar-refractivity contribution in [3.05, 3.63) is 35.7 Å². The predicted molar refractivity (Wildman–Crippen MR) is 74.0 cm³/mol. The largest absolute Gasteiger partial charge is 0.466 e. The third kappa shape index (κ3) is 2.63. The number of carbonyl (C=O) groups is 1. The lowest BCUT2D eigenvalue weighted by molar-refractivity contribution is -0.144. The van der Waals surface area contributed by atoms with Gasteiger partial charge in [-0.05, 0) is 25.5 Å². The van der Waals surface area contributed by atoms with Gasteiger partial charge in [-0.15, -0.1) is 0 Å². The van der Waals surface area contributed by atoms with E-state index in [0.717, 1.165) is 12.0 Å². The van der Waals surface area contributed by atoms with Gasteiger partial charge in [0.25, 0.3) is 0 Å². The number of rotatable bonds is 4. The predicted octanol–water partition coefficient (Wildman–Crippen LogP) is 2.01. The van der Waals surface area contributed by atoms with Crippen LogP contribution < -0.4 is 0 Å². The van der Waals surface area contributed by atoms with E-state index in [1.54, 1.807) is 25.1 Å². The first-order chi connectivity index (χ1) is 10.2. The maximum Gasteiger partial charge on any atom is 0.309 e. The molecule has 0 amide bonds. The van der Waals surface area contributed by atoms with Crippen molar-refractivity contribution >= 4 is 5.97 Å². The molecule has 1 aliphatic carbocycles. The van der Waals surface area contributed by atoms with E-state index in [2.05, 4.69) is 21.3 Å². The summed E-state index contributed by atoms with van der Waals surface area (Å²) >= 11 is 0. The van der Waals surface area contributed by atoms with E-state index in [4.69, 9.17) is 10.00 Å². The lowest BCUT2D eigenvalue weighted by Gasteiger charge is -1.98. The molecule has 0 spiro atoms. The fourth-order valence-electron chi connectivity index (χ4n) is 2.30. The summed E-state index contributed by atoms with van der Waals surface area (Å²) in [5, 5.41) is 16.0. The number of hydrogen-bond donors (Lipinski definition) is 1. The van der Waals surface area contributed by atoms with E-state index < -0.39 is 0 Å². The van der Waals surface area contributed by atoms with E-state index in [1.165, 1.54) is 0 Å². The minimum atomic E-state index is -0.174. The molecule has 2 aromatic rings. The number of carbonyl (C=O) groups excluding carboxylic acids is 1. The van der Waals surface area contributed by atoms with Crippen LogP contribution in [0.15, 0.2) is 24.3 Å². The zero-order valence-electron chi connectivity index (χ0n) is 11.5. The molecule has 1 N–H and O–H groups in total. The van der Waals surface area contributed by atoms with Gasteiger partial charge in [0.2, 0.25) is 0 Å². The Labute approximate surface area is 121 Å². The number of nitrogens with zero attached hydrogens (tertiary/aromatic N) is 3. The van der Waals surface area contributed by atoms with Crippen molar-refractivity contribution in [2.45, 2.75) is 19.3 Å². The van der Waals surface area contributed by atoms with Crippen LogP contribution in [0.5, 0.6) is 0 Å². The van der Waals surface area contributed by atoms with Crippen molar-refractivity contribution in [2.75, 3.05) is 6.61 Å². The fraction of sp³-hybridized carbons (Fsp3) is 0.333. The van der Waals surface area contributed by atoms with Crippen molar-refractivity contribution in [3.8, 4) is 17.5 Å². The van der Waals surface area contributed by atoms with E-state index in [-0.39, 0.29) is 17.8 Å². The van der Waals surface area contributed by atoms with Gasteiger partial charge < -0.3 is 4.74 Å². The number of aromatic amines is 1. The van der Waals surface area contributed by atoms with Crippen LogP contribution in [0.4, 0.5) is 0 Å². The Hall–Kier alpha value is -2.68. The highest BCUT2D eigenvalue weighted by molar-refractivity contribution is 5.77. The van der Waals surface area contributed by atoms with Gasteiger partial charge in [-0.1, -0.05) is 12.1 Å². The number of benzene rings is 1. The third-order valence-electron chi connectivity index (χ3n) is 3.48. The van der Waals surface area contributed by atoms with Crippen LogP contribution in [0.25, 0.3) is 11.4 Å². The minimum Gasteiger partial charge on any atom is -0.466 e. The Bertz CT molecular complexity index is 716. The summed E-state index contributed by atoms with van der Waals surface area (Å²) in [6.07, 6.45) is 0.742.